The molecule has 0 amide bonds. The molecule has 0 unspecified atom stereocenters. The molecular formula is C9H16FN3. The molecule has 0 spiro atoms. The first-order chi connectivity index (χ1) is 6.38. The molecule has 1 heterocycles. The van der Waals surface area contributed by atoms with Gasteiger partial charge >= 0.3 is 0 Å². The Kier molecular flexibility index (Phi) is 4.46. The van der Waals surface area contributed by atoms with Crippen LogP contribution in [-0.4, -0.2) is 23.0 Å². The smallest absolute Gasteiger partial charge is 0.109 e. The van der Waals surface area contributed by atoms with Crippen molar-refractivity contribution >= 4 is 0 Å². The predicted molar refractivity (Wildman–Crippen MR) is 50.2 cm³/mol. The highest BCUT2D eigenvalue weighted by Crippen LogP contribution is 1.98. The van der Waals surface area contributed by atoms with Gasteiger partial charge in [0.25, 0.3) is 0 Å². The lowest BCUT2D eigenvalue weighted by Gasteiger charge is -2.05. The van der Waals surface area contributed by atoms with Crippen LogP contribution in [0.5, 0.6) is 0 Å². The van der Waals surface area contributed by atoms with E-state index in [9.17, 15) is 4.39 Å². The molecular weight excluding hydrogens is 169 g/mol. The van der Waals surface area contributed by atoms with Crippen LogP contribution in [0.25, 0.3) is 0 Å². The van der Waals surface area contributed by atoms with Crippen molar-refractivity contribution in [2.45, 2.75) is 26.4 Å². The van der Waals surface area contributed by atoms with E-state index in [4.69, 9.17) is 0 Å². The van der Waals surface area contributed by atoms with Crippen molar-refractivity contribution in [2.75, 3.05) is 13.2 Å². The van der Waals surface area contributed by atoms with E-state index in [0.29, 0.717) is 6.54 Å². The van der Waals surface area contributed by atoms with Crippen molar-refractivity contribution in [3.63, 3.8) is 0 Å². The molecule has 0 radical (unpaired) electrons. The topological polar surface area (TPSA) is 29.9 Å². The van der Waals surface area contributed by atoms with Crippen LogP contribution < -0.4 is 5.32 Å². The minimum atomic E-state index is -0.359. The van der Waals surface area contributed by atoms with E-state index >= 15 is 0 Å². The molecule has 0 saturated heterocycles. The van der Waals surface area contributed by atoms with Crippen LogP contribution >= 0.6 is 0 Å². The average molecular weight is 185 g/mol. The molecule has 4 heteroatoms. The Morgan fingerprint density at radius 3 is 3.15 bits per heavy atom. The highest BCUT2D eigenvalue weighted by atomic mass is 19.1. The summed E-state index contributed by atoms with van der Waals surface area (Å²) in [7, 11) is 0. The van der Waals surface area contributed by atoms with Gasteiger partial charge in [0, 0.05) is 12.7 Å². The second-order valence-corrected chi connectivity index (χ2v) is 2.91. The van der Waals surface area contributed by atoms with Crippen molar-refractivity contribution in [2.24, 2.45) is 0 Å². The number of aryl methyl sites for hydroxylation is 1. The van der Waals surface area contributed by atoms with Crippen LogP contribution in [0.4, 0.5) is 4.39 Å². The van der Waals surface area contributed by atoms with E-state index < -0.39 is 0 Å². The van der Waals surface area contributed by atoms with Gasteiger partial charge in [0.15, 0.2) is 0 Å². The molecule has 0 aliphatic rings. The van der Waals surface area contributed by atoms with E-state index in [1.165, 1.54) is 0 Å². The third kappa shape index (κ3) is 3.14. The molecule has 0 atom stereocenters. The normalized spacial score (nSPS) is 10.6. The van der Waals surface area contributed by atoms with E-state index in [1.54, 1.807) is 10.9 Å². The van der Waals surface area contributed by atoms with Crippen molar-refractivity contribution in [1.29, 1.82) is 0 Å². The Bertz CT molecular complexity index is 235. The fourth-order valence-electron chi connectivity index (χ4n) is 1.18. The Labute approximate surface area is 77.9 Å². The summed E-state index contributed by atoms with van der Waals surface area (Å²) in [6.45, 7) is 3.87. The number of alkyl halides is 1. The summed E-state index contributed by atoms with van der Waals surface area (Å²) in [5.74, 6) is 0. The van der Waals surface area contributed by atoms with Crippen LogP contribution in [0.1, 0.15) is 19.0 Å². The van der Waals surface area contributed by atoms with Crippen LogP contribution in [0, 0.1) is 0 Å². The molecule has 0 aliphatic carbocycles. The summed E-state index contributed by atoms with van der Waals surface area (Å²) >= 11 is 0. The van der Waals surface area contributed by atoms with Crippen molar-refractivity contribution < 1.29 is 4.39 Å². The molecule has 0 bridgehead atoms. The van der Waals surface area contributed by atoms with Crippen molar-refractivity contribution in [1.82, 2.24) is 15.1 Å². The highest BCUT2D eigenvalue weighted by molar-refractivity contribution is 4.99. The molecule has 0 saturated carbocycles. The lowest BCUT2D eigenvalue weighted by Crippen LogP contribution is -2.17. The number of nitrogens with zero attached hydrogens (tertiary/aromatic N) is 2. The lowest BCUT2D eigenvalue weighted by atomic mass is 10.4. The number of hydrogen-bond donors (Lipinski definition) is 1. The largest absolute Gasteiger partial charge is 0.311 e. The monoisotopic (exact) mass is 185 g/mol. The average Bonchev–Trinajstić information content (AvgIpc) is 2.54. The van der Waals surface area contributed by atoms with E-state index in [2.05, 4.69) is 17.3 Å². The Morgan fingerprint density at radius 1 is 1.62 bits per heavy atom. The highest BCUT2D eigenvalue weighted by Gasteiger charge is 2.00. The summed E-state index contributed by atoms with van der Waals surface area (Å²) in [4.78, 5) is 0. The van der Waals surface area contributed by atoms with Crippen molar-refractivity contribution in [3.8, 4) is 0 Å². The van der Waals surface area contributed by atoms with Crippen LogP contribution in [0.3, 0.4) is 0 Å². The first-order valence-electron chi connectivity index (χ1n) is 4.66. The molecule has 1 aromatic rings. The van der Waals surface area contributed by atoms with E-state index in [1.807, 2.05) is 6.07 Å². The number of rotatable bonds is 6. The van der Waals surface area contributed by atoms with Gasteiger partial charge in [0.1, 0.15) is 6.67 Å². The van der Waals surface area contributed by atoms with Gasteiger partial charge in [0.05, 0.1) is 12.2 Å². The molecule has 0 aliphatic heterocycles. The minimum absolute atomic E-state index is 0.357. The number of nitrogens with one attached hydrogen (secondary N) is 1. The summed E-state index contributed by atoms with van der Waals surface area (Å²) in [5.41, 5.74) is 1.05. The number of halogens is 1. The summed E-state index contributed by atoms with van der Waals surface area (Å²) < 4.78 is 13.7. The Balaban J connectivity index is 2.40. The minimum Gasteiger partial charge on any atom is -0.311 e. The quantitative estimate of drug-likeness (QED) is 0.678. The second-order valence-electron chi connectivity index (χ2n) is 2.91. The van der Waals surface area contributed by atoms with Crippen molar-refractivity contribution in [3.05, 3.63) is 18.0 Å². The Morgan fingerprint density at radius 2 is 2.46 bits per heavy atom. The predicted octanol–water partition coefficient (Wildman–Crippen LogP) is 1.35. The van der Waals surface area contributed by atoms with Crippen LogP contribution in [0.15, 0.2) is 12.3 Å². The zero-order valence-electron chi connectivity index (χ0n) is 7.96. The molecule has 3 nitrogen and oxygen atoms in total. The van der Waals surface area contributed by atoms with Gasteiger partial charge in [-0.1, -0.05) is 6.92 Å². The summed E-state index contributed by atoms with van der Waals surface area (Å²) in [5, 5.41) is 7.27. The molecule has 74 valence electrons. The Hall–Kier alpha value is -0.900. The summed E-state index contributed by atoms with van der Waals surface area (Å²) in [6, 6.07) is 1.92. The fourth-order valence-corrected chi connectivity index (χ4v) is 1.18. The first-order valence-corrected chi connectivity index (χ1v) is 4.66. The maximum Gasteiger partial charge on any atom is 0.109 e. The molecule has 1 aromatic heterocycles. The van der Waals surface area contributed by atoms with Crippen LogP contribution in [-0.2, 0) is 13.1 Å². The third-order valence-corrected chi connectivity index (χ3v) is 1.83. The lowest BCUT2D eigenvalue weighted by molar-refractivity contribution is 0.417. The van der Waals surface area contributed by atoms with Gasteiger partial charge in [-0.15, -0.1) is 0 Å². The van der Waals surface area contributed by atoms with Gasteiger partial charge < -0.3 is 5.32 Å². The van der Waals surface area contributed by atoms with Gasteiger partial charge in [-0.3, -0.25) is 4.68 Å². The molecule has 13 heavy (non-hydrogen) atoms. The molecule has 0 aromatic carbocycles. The van der Waals surface area contributed by atoms with Gasteiger partial charge in [-0.2, -0.15) is 5.10 Å². The first kappa shape index (κ1) is 10.2. The number of hydrogen-bond acceptors (Lipinski definition) is 2. The molecule has 1 N–H and O–H groups in total. The van der Waals surface area contributed by atoms with Gasteiger partial charge in [-0.25, -0.2) is 4.39 Å². The second kappa shape index (κ2) is 5.70. The fraction of sp³-hybridized carbons (Fsp3) is 0.667. The standard InChI is InChI=1S/C9H16FN3/c1-2-5-11-8-9-3-6-12-13(9)7-4-10/h3,6,11H,2,4-5,7-8H2,1H3. The molecule has 0 fully saturated rings. The van der Waals surface area contributed by atoms with Crippen LogP contribution in [0.2, 0.25) is 0 Å². The SMILES string of the molecule is CCCNCc1ccnn1CCF. The van der Waals surface area contributed by atoms with E-state index in [-0.39, 0.29) is 6.67 Å². The maximum atomic E-state index is 12.0. The van der Waals surface area contributed by atoms with Gasteiger partial charge in [-0.05, 0) is 19.0 Å². The molecule has 1 rings (SSSR count). The maximum absolute atomic E-state index is 12.0. The zero-order valence-corrected chi connectivity index (χ0v) is 7.96. The van der Waals surface area contributed by atoms with Gasteiger partial charge in [0.2, 0.25) is 0 Å². The number of aromatic nitrogens is 2. The van der Waals surface area contributed by atoms with E-state index in [0.717, 1.165) is 25.2 Å². The zero-order chi connectivity index (χ0) is 9.52. The summed E-state index contributed by atoms with van der Waals surface area (Å²) in [6.07, 6.45) is 2.82. The third-order valence-electron chi connectivity index (χ3n) is 1.83.